The van der Waals surface area contributed by atoms with Gasteiger partial charge in [-0.3, -0.25) is 0 Å². The van der Waals surface area contributed by atoms with E-state index >= 15 is 0 Å². The highest BCUT2D eigenvalue weighted by Gasteiger charge is 1.89. The van der Waals surface area contributed by atoms with Crippen LogP contribution in [-0.2, 0) is 0 Å². The normalized spacial score (nSPS) is 13.9. The fraction of sp³-hybridized carbons (Fsp3) is 0.875. The van der Waals surface area contributed by atoms with Crippen molar-refractivity contribution in [2.45, 2.75) is 33.6 Å². The van der Waals surface area contributed by atoms with E-state index in [9.17, 15) is 0 Å². The Morgan fingerprint density at radius 2 is 2.20 bits per heavy atom. The number of hydrazone groups is 1. The highest BCUT2D eigenvalue weighted by atomic mass is 15.3. The minimum atomic E-state index is 0.601. The molecular formula is C8H18N2. The molecule has 0 aromatic heterocycles. The monoisotopic (exact) mass is 142 g/mol. The third-order valence-corrected chi connectivity index (χ3v) is 1.43. The number of nitrogens with zero attached hydrogens (tertiary/aromatic N) is 1. The van der Waals surface area contributed by atoms with E-state index in [0.717, 1.165) is 19.4 Å². The summed E-state index contributed by atoms with van der Waals surface area (Å²) in [4.78, 5) is 0. The van der Waals surface area contributed by atoms with E-state index in [1.165, 1.54) is 0 Å². The first-order chi connectivity index (χ1) is 4.81. The number of hydrogen-bond acceptors (Lipinski definition) is 2. The summed E-state index contributed by atoms with van der Waals surface area (Å²) in [5.74, 6) is 0.601. The van der Waals surface area contributed by atoms with E-state index in [4.69, 9.17) is 0 Å². The van der Waals surface area contributed by atoms with Crippen molar-refractivity contribution in [2.75, 3.05) is 6.54 Å². The van der Waals surface area contributed by atoms with Crippen molar-refractivity contribution in [1.29, 1.82) is 0 Å². The minimum absolute atomic E-state index is 0.601. The molecule has 2 heteroatoms. The predicted octanol–water partition coefficient (Wildman–Crippen LogP) is 2.02. The van der Waals surface area contributed by atoms with Crippen LogP contribution in [0.1, 0.15) is 33.6 Å². The number of nitrogens with one attached hydrogen (secondary N) is 1. The lowest BCUT2D eigenvalue weighted by Crippen LogP contribution is -2.07. The molecule has 0 radical (unpaired) electrons. The van der Waals surface area contributed by atoms with Crippen molar-refractivity contribution in [3.05, 3.63) is 0 Å². The topological polar surface area (TPSA) is 24.4 Å². The van der Waals surface area contributed by atoms with Gasteiger partial charge in [-0.2, -0.15) is 5.10 Å². The molecule has 1 unspecified atom stereocenters. The second-order valence-corrected chi connectivity index (χ2v) is 2.57. The molecule has 2 nitrogen and oxygen atoms in total. The molecule has 1 atom stereocenters. The highest BCUT2D eigenvalue weighted by molar-refractivity contribution is 5.59. The van der Waals surface area contributed by atoms with E-state index in [1.54, 1.807) is 0 Å². The van der Waals surface area contributed by atoms with Crippen molar-refractivity contribution in [2.24, 2.45) is 11.0 Å². The zero-order valence-corrected chi connectivity index (χ0v) is 7.22. The lowest BCUT2D eigenvalue weighted by atomic mass is 10.1. The van der Waals surface area contributed by atoms with E-state index in [-0.39, 0.29) is 0 Å². The molecule has 0 aromatic rings. The fourth-order valence-electron chi connectivity index (χ4n) is 0.462. The average molecular weight is 142 g/mol. The van der Waals surface area contributed by atoms with Gasteiger partial charge in [0.2, 0.25) is 0 Å². The Kier molecular flexibility index (Phi) is 6.24. The molecule has 1 N–H and O–H groups in total. The number of rotatable bonds is 5. The van der Waals surface area contributed by atoms with Gasteiger partial charge in [-0.05, 0) is 18.8 Å². The molecular weight excluding hydrogens is 124 g/mol. The second kappa shape index (κ2) is 6.59. The average Bonchev–Trinajstić information content (AvgIpc) is 1.98. The van der Waals surface area contributed by atoms with Crippen LogP contribution in [0.4, 0.5) is 0 Å². The van der Waals surface area contributed by atoms with Gasteiger partial charge in [-0.25, -0.2) is 0 Å². The molecule has 10 heavy (non-hydrogen) atoms. The molecule has 0 saturated carbocycles. The summed E-state index contributed by atoms with van der Waals surface area (Å²) in [7, 11) is 0. The third-order valence-electron chi connectivity index (χ3n) is 1.43. The van der Waals surface area contributed by atoms with Crippen LogP contribution < -0.4 is 5.43 Å². The lowest BCUT2D eigenvalue weighted by molar-refractivity contribution is 0.694. The SMILES string of the molecule is CCCN/N=C/C(C)CC. The van der Waals surface area contributed by atoms with Gasteiger partial charge in [-0.15, -0.1) is 0 Å². The van der Waals surface area contributed by atoms with E-state index in [2.05, 4.69) is 31.3 Å². The largest absolute Gasteiger partial charge is 0.310 e. The highest BCUT2D eigenvalue weighted by Crippen LogP contribution is 1.93. The molecule has 0 bridgehead atoms. The summed E-state index contributed by atoms with van der Waals surface area (Å²) < 4.78 is 0. The molecule has 0 aliphatic rings. The summed E-state index contributed by atoms with van der Waals surface area (Å²) in [5.41, 5.74) is 2.97. The van der Waals surface area contributed by atoms with Crippen molar-refractivity contribution >= 4 is 6.21 Å². The molecule has 60 valence electrons. The van der Waals surface area contributed by atoms with Crippen LogP contribution in [-0.4, -0.2) is 12.8 Å². The molecule has 0 amide bonds. The molecule has 0 saturated heterocycles. The second-order valence-electron chi connectivity index (χ2n) is 2.57. The molecule has 0 aromatic carbocycles. The van der Waals surface area contributed by atoms with E-state index < -0.39 is 0 Å². The molecule has 0 rings (SSSR count). The van der Waals surface area contributed by atoms with Crippen LogP contribution in [0.25, 0.3) is 0 Å². The van der Waals surface area contributed by atoms with Gasteiger partial charge in [0, 0.05) is 12.8 Å². The smallest absolute Gasteiger partial charge is 0.0326 e. The van der Waals surface area contributed by atoms with Crippen LogP contribution in [0.15, 0.2) is 5.10 Å². The summed E-state index contributed by atoms with van der Waals surface area (Å²) in [6.45, 7) is 7.44. The minimum Gasteiger partial charge on any atom is -0.310 e. The van der Waals surface area contributed by atoms with Crippen LogP contribution in [0.5, 0.6) is 0 Å². The summed E-state index contributed by atoms with van der Waals surface area (Å²) in [6, 6.07) is 0. The van der Waals surface area contributed by atoms with Gasteiger partial charge in [0.25, 0.3) is 0 Å². The number of hydrogen-bond donors (Lipinski definition) is 1. The third kappa shape index (κ3) is 5.60. The quantitative estimate of drug-likeness (QED) is 0.354. The van der Waals surface area contributed by atoms with Crippen LogP contribution in [0.3, 0.4) is 0 Å². The molecule has 0 heterocycles. The first-order valence-electron chi connectivity index (χ1n) is 4.07. The zero-order valence-electron chi connectivity index (χ0n) is 7.22. The molecule has 0 spiro atoms. The molecule has 0 fully saturated rings. The predicted molar refractivity (Wildman–Crippen MR) is 46.2 cm³/mol. The maximum Gasteiger partial charge on any atom is 0.0326 e. The fourth-order valence-corrected chi connectivity index (χ4v) is 0.462. The Bertz CT molecular complexity index is 89.3. The Morgan fingerprint density at radius 1 is 1.50 bits per heavy atom. The van der Waals surface area contributed by atoms with Crippen LogP contribution >= 0.6 is 0 Å². The standard InChI is InChI=1S/C8H18N2/c1-4-6-9-10-7-8(3)5-2/h7-9H,4-6H2,1-3H3/b10-7+. The van der Waals surface area contributed by atoms with E-state index in [1.807, 2.05) is 6.21 Å². The summed E-state index contributed by atoms with van der Waals surface area (Å²) >= 11 is 0. The van der Waals surface area contributed by atoms with Crippen molar-refractivity contribution in [1.82, 2.24) is 5.43 Å². The van der Waals surface area contributed by atoms with Gasteiger partial charge in [-0.1, -0.05) is 20.8 Å². The first kappa shape index (κ1) is 9.47. The Balaban J connectivity index is 3.18. The maximum absolute atomic E-state index is 4.06. The van der Waals surface area contributed by atoms with Crippen LogP contribution in [0.2, 0.25) is 0 Å². The Labute approximate surface area is 63.7 Å². The molecule has 0 aliphatic carbocycles. The molecule has 0 aliphatic heterocycles. The van der Waals surface area contributed by atoms with Crippen molar-refractivity contribution in [3.8, 4) is 0 Å². The summed E-state index contributed by atoms with van der Waals surface area (Å²) in [5, 5.41) is 4.06. The lowest BCUT2D eigenvalue weighted by Gasteiger charge is -1.99. The first-order valence-corrected chi connectivity index (χ1v) is 4.07. The van der Waals surface area contributed by atoms with Gasteiger partial charge in [0.15, 0.2) is 0 Å². The van der Waals surface area contributed by atoms with Gasteiger partial charge >= 0.3 is 0 Å². The van der Waals surface area contributed by atoms with Crippen LogP contribution in [0, 0.1) is 5.92 Å². The Hall–Kier alpha value is -0.530. The summed E-state index contributed by atoms with van der Waals surface area (Å²) in [6.07, 6.45) is 4.27. The van der Waals surface area contributed by atoms with Gasteiger partial charge in [0.05, 0.1) is 0 Å². The maximum atomic E-state index is 4.06. The van der Waals surface area contributed by atoms with Crippen molar-refractivity contribution in [3.63, 3.8) is 0 Å². The van der Waals surface area contributed by atoms with Gasteiger partial charge < -0.3 is 5.43 Å². The van der Waals surface area contributed by atoms with Crippen molar-refractivity contribution < 1.29 is 0 Å². The zero-order chi connectivity index (χ0) is 7.82. The van der Waals surface area contributed by atoms with Gasteiger partial charge in [0.1, 0.15) is 0 Å². The van der Waals surface area contributed by atoms with E-state index in [0.29, 0.717) is 5.92 Å². The Morgan fingerprint density at radius 3 is 2.70 bits per heavy atom.